The van der Waals surface area contributed by atoms with Gasteiger partial charge in [-0.3, -0.25) is 19.9 Å². The van der Waals surface area contributed by atoms with E-state index in [0.29, 0.717) is 44.7 Å². The zero-order valence-electron chi connectivity index (χ0n) is 22.6. The van der Waals surface area contributed by atoms with Gasteiger partial charge in [-0.15, -0.1) is 0 Å². The number of anilines is 1. The minimum Gasteiger partial charge on any atom is -0.444 e. The van der Waals surface area contributed by atoms with Crippen molar-refractivity contribution in [3.63, 3.8) is 0 Å². The summed E-state index contributed by atoms with van der Waals surface area (Å²) in [6.07, 6.45) is 5.15. The van der Waals surface area contributed by atoms with Gasteiger partial charge in [-0.25, -0.2) is 19.0 Å². The maximum Gasteiger partial charge on any atom is 0.410 e. The van der Waals surface area contributed by atoms with E-state index in [9.17, 15) is 14.4 Å². The number of pyridine rings is 1. The lowest BCUT2D eigenvalue weighted by Crippen LogP contribution is -2.50. The Morgan fingerprint density at radius 2 is 1.95 bits per heavy atom. The Kier molecular flexibility index (Phi) is 6.83. The summed E-state index contributed by atoms with van der Waals surface area (Å²) in [5.74, 6) is -0.267. The molecule has 0 unspecified atom stereocenters. The fourth-order valence-corrected chi connectivity index (χ4v) is 5.68. The number of carbonyl (C=O) groups excluding carboxylic acids is 3. The molecule has 5 heterocycles. The number of likely N-dealkylation sites (tertiary alicyclic amines) is 2. The molecule has 1 atom stereocenters. The van der Waals surface area contributed by atoms with Crippen molar-refractivity contribution in [3.8, 4) is 0 Å². The van der Waals surface area contributed by atoms with Crippen LogP contribution in [-0.2, 0) is 9.53 Å². The van der Waals surface area contributed by atoms with Crippen LogP contribution >= 0.6 is 0 Å². The zero-order valence-corrected chi connectivity index (χ0v) is 22.6. The van der Waals surface area contributed by atoms with Crippen LogP contribution in [0.3, 0.4) is 0 Å². The molecular weight excluding hydrogens is 491 g/mol. The third-order valence-electron chi connectivity index (χ3n) is 7.68. The number of halogens is 1. The molecule has 0 aromatic carbocycles. The summed E-state index contributed by atoms with van der Waals surface area (Å²) in [6.45, 7) is 10.4. The number of nitrogens with one attached hydrogen (secondary N) is 1. The lowest BCUT2D eigenvalue weighted by molar-refractivity contribution is -0.120. The Morgan fingerprint density at radius 1 is 1.21 bits per heavy atom. The number of hydrogen-bond acceptors (Lipinski definition) is 6. The van der Waals surface area contributed by atoms with Gasteiger partial charge < -0.3 is 14.2 Å². The van der Waals surface area contributed by atoms with E-state index in [1.54, 1.807) is 11.1 Å². The first-order chi connectivity index (χ1) is 17.9. The number of ether oxygens (including phenoxy) is 1. The van der Waals surface area contributed by atoms with E-state index < -0.39 is 17.3 Å². The molecule has 3 saturated heterocycles. The van der Waals surface area contributed by atoms with Gasteiger partial charge in [0.15, 0.2) is 0 Å². The van der Waals surface area contributed by atoms with Crippen LogP contribution in [0.25, 0.3) is 11.0 Å². The van der Waals surface area contributed by atoms with E-state index in [1.165, 1.54) is 4.90 Å². The van der Waals surface area contributed by atoms with Crippen LogP contribution in [0.15, 0.2) is 18.5 Å². The van der Waals surface area contributed by atoms with Crippen LogP contribution in [0.1, 0.15) is 58.1 Å². The molecule has 3 aliphatic rings. The Morgan fingerprint density at radius 3 is 2.63 bits per heavy atom. The van der Waals surface area contributed by atoms with E-state index in [4.69, 9.17) is 9.72 Å². The van der Waals surface area contributed by atoms with E-state index in [-0.39, 0.29) is 24.5 Å². The molecule has 2 aromatic rings. The minimum atomic E-state index is -1.33. The highest BCUT2D eigenvalue weighted by Gasteiger charge is 2.40. The summed E-state index contributed by atoms with van der Waals surface area (Å²) in [7, 11) is 0. The molecule has 3 fully saturated rings. The van der Waals surface area contributed by atoms with Gasteiger partial charge in [0.2, 0.25) is 5.91 Å². The third-order valence-corrected chi connectivity index (χ3v) is 7.68. The molecule has 0 aliphatic carbocycles. The number of alkyl halides is 1. The van der Waals surface area contributed by atoms with Crippen molar-refractivity contribution in [2.45, 2.75) is 70.7 Å². The normalized spacial score (nSPS) is 22.7. The number of rotatable bonds is 4. The molecule has 0 spiro atoms. The van der Waals surface area contributed by atoms with Gasteiger partial charge >= 0.3 is 12.1 Å². The zero-order chi connectivity index (χ0) is 27.2. The molecule has 0 bridgehead atoms. The van der Waals surface area contributed by atoms with Crippen molar-refractivity contribution in [1.82, 2.24) is 24.7 Å². The highest BCUT2D eigenvalue weighted by atomic mass is 19.1. The molecule has 10 nitrogen and oxygen atoms in total. The largest absolute Gasteiger partial charge is 0.444 e. The average molecular weight is 529 g/mol. The second-order valence-electron chi connectivity index (χ2n) is 11.8. The molecule has 38 heavy (non-hydrogen) atoms. The summed E-state index contributed by atoms with van der Waals surface area (Å²) in [6, 6.07) is 1.69. The molecule has 3 aliphatic heterocycles. The predicted octanol–water partition coefficient (Wildman–Crippen LogP) is 3.78. The molecule has 4 amide bonds. The fourth-order valence-electron chi connectivity index (χ4n) is 5.68. The van der Waals surface area contributed by atoms with Crippen molar-refractivity contribution < 1.29 is 23.5 Å². The highest BCUT2D eigenvalue weighted by Crippen LogP contribution is 2.34. The van der Waals surface area contributed by atoms with Gasteiger partial charge in [-0.05, 0) is 45.7 Å². The first kappa shape index (κ1) is 26.4. The van der Waals surface area contributed by atoms with Crippen LogP contribution in [0.2, 0.25) is 0 Å². The van der Waals surface area contributed by atoms with Crippen molar-refractivity contribution in [2.24, 2.45) is 0 Å². The summed E-state index contributed by atoms with van der Waals surface area (Å²) in [5, 5.41) is 3.31. The summed E-state index contributed by atoms with van der Waals surface area (Å²) in [5.41, 5.74) is 0.663. The first-order valence-corrected chi connectivity index (χ1v) is 13.4. The Labute approximate surface area is 222 Å². The van der Waals surface area contributed by atoms with Crippen molar-refractivity contribution >= 4 is 34.8 Å². The molecular formula is C27H37FN6O4. The van der Waals surface area contributed by atoms with Crippen LogP contribution in [0.5, 0.6) is 0 Å². The van der Waals surface area contributed by atoms with Gasteiger partial charge in [0.05, 0.1) is 11.9 Å². The second kappa shape index (κ2) is 9.83. The van der Waals surface area contributed by atoms with Crippen molar-refractivity contribution in [1.29, 1.82) is 0 Å². The van der Waals surface area contributed by atoms with Crippen molar-refractivity contribution in [3.05, 3.63) is 24.0 Å². The van der Waals surface area contributed by atoms with Crippen LogP contribution in [-0.4, -0.2) is 87.9 Å². The Bertz CT molecular complexity index is 1250. The lowest BCUT2D eigenvalue weighted by Gasteiger charge is -2.38. The second-order valence-corrected chi connectivity index (χ2v) is 11.8. The number of aryl methyl sites for hydroxylation is 1. The number of nitrogens with zero attached hydrogens (tertiary/aromatic N) is 5. The Balaban J connectivity index is 1.22. The van der Waals surface area contributed by atoms with Crippen LogP contribution in [0, 0.1) is 6.92 Å². The molecule has 5 rings (SSSR count). The summed E-state index contributed by atoms with van der Waals surface area (Å²) >= 11 is 0. The number of imide groups is 1. The van der Waals surface area contributed by atoms with Gasteiger partial charge in [0.1, 0.15) is 16.9 Å². The number of aromatic nitrogens is 2. The molecule has 206 valence electrons. The Hall–Kier alpha value is -3.21. The van der Waals surface area contributed by atoms with Gasteiger partial charge in [-0.2, -0.15) is 0 Å². The van der Waals surface area contributed by atoms with Gasteiger partial charge in [0.25, 0.3) is 0 Å². The van der Waals surface area contributed by atoms with Gasteiger partial charge in [-0.1, -0.05) is 0 Å². The van der Waals surface area contributed by atoms with E-state index in [1.807, 2.05) is 33.8 Å². The van der Waals surface area contributed by atoms with Crippen molar-refractivity contribution in [2.75, 3.05) is 44.2 Å². The predicted molar refractivity (Wildman–Crippen MR) is 141 cm³/mol. The quantitative estimate of drug-likeness (QED) is 0.649. The maximum atomic E-state index is 15.8. The smallest absolute Gasteiger partial charge is 0.410 e. The number of amides is 4. The molecule has 0 saturated carbocycles. The standard InChI is InChI=1S/C27H37FN6O4/c1-18-15-34(23-21(18)13-20(14-29-23)33-10-6-22(35)30-24(33)36)19-5-9-31(16-19)17-27(28)7-11-32(12-8-27)25(37)38-26(2,3)4/h13-15,19H,5-12,16-17H2,1-4H3,(H,30,35,36)/t19-/m0/s1. The SMILES string of the molecule is Cc1cn([C@H]2CCN(CC3(F)CCN(C(=O)OC(C)(C)C)CC3)C2)c2ncc(N3CCC(=O)NC3=O)cc12. The number of hydrogen-bond donors (Lipinski definition) is 1. The fraction of sp³-hybridized carbons (Fsp3) is 0.630. The number of urea groups is 1. The monoisotopic (exact) mass is 528 g/mol. The molecule has 11 heteroatoms. The number of fused-ring (bicyclic) bond motifs is 1. The minimum absolute atomic E-state index is 0.172. The van der Waals surface area contributed by atoms with E-state index >= 15 is 4.39 Å². The van der Waals surface area contributed by atoms with Crippen LogP contribution < -0.4 is 10.2 Å². The summed E-state index contributed by atoms with van der Waals surface area (Å²) in [4.78, 5) is 46.1. The van der Waals surface area contributed by atoms with E-state index in [0.717, 1.165) is 36.1 Å². The molecule has 0 radical (unpaired) electrons. The first-order valence-electron chi connectivity index (χ1n) is 13.4. The topological polar surface area (TPSA) is 100 Å². The molecule has 1 N–H and O–H groups in total. The lowest BCUT2D eigenvalue weighted by atomic mass is 9.93. The average Bonchev–Trinajstić information content (AvgIpc) is 3.42. The van der Waals surface area contributed by atoms with E-state index in [2.05, 4.69) is 21.0 Å². The maximum absolute atomic E-state index is 15.8. The highest BCUT2D eigenvalue weighted by molar-refractivity contribution is 6.06. The van der Waals surface area contributed by atoms with Gasteiger partial charge in [0, 0.05) is 76.2 Å². The summed E-state index contributed by atoms with van der Waals surface area (Å²) < 4.78 is 23.4. The molecule has 2 aromatic heterocycles. The van der Waals surface area contributed by atoms with Crippen LogP contribution in [0.4, 0.5) is 19.7 Å². The third kappa shape index (κ3) is 5.48. The number of piperidine rings is 1. The number of carbonyl (C=O) groups is 3.